The Labute approximate surface area is 55.2 Å². The van der Waals surface area contributed by atoms with E-state index in [1.165, 1.54) is 0 Å². The summed E-state index contributed by atoms with van der Waals surface area (Å²) in [6.45, 7) is 0.654. The van der Waals surface area contributed by atoms with Crippen LogP contribution in [0.2, 0.25) is 0 Å². The minimum absolute atomic E-state index is 0.654. The molecular weight excluding hydrogens is 114 g/mol. The average molecular weight is 124 g/mol. The van der Waals surface area contributed by atoms with Gasteiger partial charge < -0.3 is 10.1 Å². The first kappa shape index (κ1) is 6.36. The van der Waals surface area contributed by atoms with Crippen molar-refractivity contribution in [3.8, 4) is 0 Å². The third-order valence-electron chi connectivity index (χ3n) is 1.07. The lowest BCUT2D eigenvalue weighted by molar-refractivity contribution is 0.209. The van der Waals surface area contributed by atoms with E-state index in [-0.39, 0.29) is 0 Å². The Morgan fingerprint density at radius 2 is 2.44 bits per heavy atom. The number of hydrogen-bond acceptors (Lipinski definition) is 2. The summed E-state index contributed by atoms with van der Waals surface area (Å²) in [6, 6.07) is 1.10. The summed E-state index contributed by atoms with van der Waals surface area (Å²) < 4.78 is 4.90. The van der Waals surface area contributed by atoms with Crippen molar-refractivity contribution in [3.05, 3.63) is 30.5 Å². The van der Waals surface area contributed by atoms with Gasteiger partial charge in [-0.1, -0.05) is 12.2 Å². The van der Waals surface area contributed by atoms with Crippen LogP contribution in [0, 0.1) is 6.04 Å². The first-order chi connectivity index (χ1) is 4.43. The molecule has 9 heavy (non-hydrogen) atoms. The lowest BCUT2D eigenvalue weighted by Gasteiger charge is -2.12. The standard InChI is InChI=1S/C7H10NO/c1-9-6-7-4-2-3-5-8-7/h2-5,8H,6H2,1H3. The van der Waals surface area contributed by atoms with Gasteiger partial charge in [0.2, 0.25) is 0 Å². The van der Waals surface area contributed by atoms with Gasteiger partial charge in [-0.2, -0.15) is 0 Å². The summed E-state index contributed by atoms with van der Waals surface area (Å²) in [4.78, 5) is 0. The van der Waals surface area contributed by atoms with Crippen LogP contribution >= 0.6 is 0 Å². The van der Waals surface area contributed by atoms with Crippen molar-refractivity contribution in [2.24, 2.45) is 0 Å². The molecule has 0 aromatic carbocycles. The second-order valence-corrected chi connectivity index (χ2v) is 1.82. The third kappa shape index (κ3) is 1.90. The smallest absolute Gasteiger partial charge is 0.108 e. The van der Waals surface area contributed by atoms with Crippen LogP contribution in [0.3, 0.4) is 0 Å². The van der Waals surface area contributed by atoms with Crippen LogP contribution in [0.4, 0.5) is 0 Å². The fourth-order valence-electron chi connectivity index (χ4n) is 0.676. The molecule has 0 bridgehead atoms. The maximum absolute atomic E-state index is 4.90. The zero-order valence-electron chi connectivity index (χ0n) is 5.42. The van der Waals surface area contributed by atoms with E-state index >= 15 is 0 Å². The predicted molar refractivity (Wildman–Crippen MR) is 36.5 cm³/mol. The van der Waals surface area contributed by atoms with Crippen molar-refractivity contribution < 1.29 is 4.74 Å². The van der Waals surface area contributed by atoms with Gasteiger partial charge in [-0.3, -0.25) is 0 Å². The maximum Gasteiger partial charge on any atom is 0.108 e. The molecule has 0 aromatic rings. The van der Waals surface area contributed by atoms with Crippen molar-refractivity contribution in [3.63, 3.8) is 0 Å². The normalized spacial score (nSPS) is 17.9. The minimum Gasteiger partial charge on any atom is -0.382 e. The Morgan fingerprint density at radius 1 is 1.56 bits per heavy atom. The summed E-state index contributed by atoms with van der Waals surface area (Å²) in [5, 5.41) is 3.04. The molecule has 0 amide bonds. The highest BCUT2D eigenvalue weighted by atomic mass is 16.5. The highest BCUT2D eigenvalue weighted by Crippen LogP contribution is 2.01. The maximum atomic E-state index is 4.90. The van der Waals surface area contributed by atoms with Crippen molar-refractivity contribution >= 4 is 0 Å². The van der Waals surface area contributed by atoms with Crippen LogP contribution < -0.4 is 5.32 Å². The quantitative estimate of drug-likeness (QED) is 0.589. The Bertz CT molecular complexity index is 129. The molecule has 49 valence electrons. The Hall–Kier alpha value is -0.760. The lowest BCUT2D eigenvalue weighted by Crippen LogP contribution is -2.19. The zero-order chi connectivity index (χ0) is 6.53. The van der Waals surface area contributed by atoms with Crippen LogP contribution in [-0.2, 0) is 4.74 Å². The predicted octanol–water partition coefficient (Wildman–Crippen LogP) is 0.838. The number of ether oxygens (including phenoxy) is 1. The summed E-state index contributed by atoms with van der Waals surface area (Å²) in [6.07, 6.45) is 7.79. The highest BCUT2D eigenvalue weighted by Gasteiger charge is 2.02. The van der Waals surface area contributed by atoms with Gasteiger partial charge in [-0.15, -0.1) is 0 Å². The van der Waals surface area contributed by atoms with Crippen molar-refractivity contribution in [1.29, 1.82) is 0 Å². The van der Waals surface area contributed by atoms with Gasteiger partial charge >= 0.3 is 0 Å². The Balaban J connectivity index is 2.28. The molecule has 0 unspecified atom stereocenters. The van der Waals surface area contributed by atoms with Gasteiger partial charge in [-0.05, 0) is 12.3 Å². The number of dihydropyridines is 1. The minimum atomic E-state index is 0.654. The van der Waals surface area contributed by atoms with Crippen LogP contribution in [0.15, 0.2) is 24.4 Å². The molecule has 0 aliphatic carbocycles. The summed E-state index contributed by atoms with van der Waals surface area (Å²) in [5.41, 5.74) is 0. The topological polar surface area (TPSA) is 21.3 Å². The van der Waals surface area contributed by atoms with Gasteiger partial charge in [0.05, 0.1) is 6.61 Å². The largest absolute Gasteiger partial charge is 0.382 e. The second-order valence-electron chi connectivity index (χ2n) is 1.82. The van der Waals surface area contributed by atoms with E-state index in [4.69, 9.17) is 4.74 Å². The van der Waals surface area contributed by atoms with Gasteiger partial charge in [0.15, 0.2) is 0 Å². The zero-order valence-corrected chi connectivity index (χ0v) is 5.42. The van der Waals surface area contributed by atoms with Gasteiger partial charge in [0, 0.05) is 7.11 Å². The van der Waals surface area contributed by atoms with Crippen molar-refractivity contribution in [2.45, 2.75) is 0 Å². The number of hydrogen-bond donors (Lipinski definition) is 1. The molecule has 2 nitrogen and oxygen atoms in total. The van der Waals surface area contributed by atoms with Crippen molar-refractivity contribution in [2.75, 3.05) is 13.7 Å². The summed E-state index contributed by atoms with van der Waals surface area (Å²) in [5.74, 6) is 0. The van der Waals surface area contributed by atoms with E-state index in [0.717, 1.165) is 6.04 Å². The molecule has 1 heterocycles. The van der Waals surface area contributed by atoms with Crippen LogP contribution in [0.25, 0.3) is 0 Å². The van der Waals surface area contributed by atoms with E-state index in [0.29, 0.717) is 6.61 Å². The summed E-state index contributed by atoms with van der Waals surface area (Å²) in [7, 11) is 1.68. The van der Waals surface area contributed by atoms with Crippen molar-refractivity contribution in [1.82, 2.24) is 5.32 Å². The SMILES string of the molecule is COC[C]1C=CC=CN1. The van der Waals surface area contributed by atoms with E-state index in [2.05, 4.69) is 5.32 Å². The number of rotatable bonds is 2. The van der Waals surface area contributed by atoms with E-state index in [9.17, 15) is 0 Å². The fourth-order valence-corrected chi connectivity index (χ4v) is 0.676. The molecule has 0 saturated heterocycles. The lowest BCUT2D eigenvalue weighted by atomic mass is 10.2. The van der Waals surface area contributed by atoms with Crippen LogP contribution in [0.5, 0.6) is 0 Å². The molecule has 0 aromatic heterocycles. The Kier molecular flexibility index (Phi) is 2.33. The molecule has 1 radical (unpaired) electrons. The van der Waals surface area contributed by atoms with Gasteiger partial charge in [-0.25, -0.2) is 0 Å². The molecule has 2 heteroatoms. The van der Waals surface area contributed by atoms with E-state index in [1.54, 1.807) is 7.11 Å². The van der Waals surface area contributed by atoms with Gasteiger partial charge in [0.1, 0.15) is 6.04 Å². The fraction of sp³-hybridized carbons (Fsp3) is 0.286. The monoisotopic (exact) mass is 124 g/mol. The molecule has 1 N–H and O–H groups in total. The number of allylic oxidation sites excluding steroid dienone is 2. The first-order valence-electron chi connectivity index (χ1n) is 2.88. The first-order valence-corrected chi connectivity index (χ1v) is 2.88. The summed E-state index contributed by atoms with van der Waals surface area (Å²) >= 11 is 0. The van der Waals surface area contributed by atoms with E-state index in [1.807, 2.05) is 24.4 Å². The molecule has 1 rings (SSSR count). The molecule has 0 spiro atoms. The Morgan fingerprint density at radius 3 is 3.00 bits per heavy atom. The molecule has 1 aliphatic heterocycles. The number of methoxy groups -OCH3 is 1. The van der Waals surface area contributed by atoms with Crippen LogP contribution in [0.1, 0.15) is 0 Å². The molecule has 0 fully saturated rings. The molecule has 0 atom stereocenters. The van der Waals surface area contributed by atoms with Crippen LogP contribution in [-0.4, -0.2) is 13.7 Å². The average Bonchev–Trinajstić information content (AvgIpc) is 1.91. The third-order valence-corrected chi connectivity index (χ3v) is 1.07. The molecular formula is C7H10NO. The molecule has 0 saturated carbocycles. The highest BCUT2D eigenvalue weighted by molar-refractivity contribution is 5.21. The van der Waals surface area contributed by atoms with Gasteiger partial charge in [0.25, 0.3) is 0 Å². The molecule has 1 aliphatic rings. The van der Waals surface area contributed by atoms with E-state index < -0.39 is 0 Å². The number of nitrogens with one attached hydrogen (secondary N) is 1. The second kappa shape index (κ2) is 3.30.